The summed E-state index contributed by atoms with van der Waals surface area (Å²) in [6, 6.07) is 13.8. The van der Waals surface area contributed by atoms with Crippen molar-refractivity contribution in [3.63, 3.8) is 0 Å². The second-order valence-electron chi connectivity index (χ2n) is 10.8. The number of hydrogen-bond donors (Lipinski definition) is 1. The molecule has 47 heavy (non-hydrogen) atoms. The Kier molecular flexibility index (Phi) is 7.52. The average molecular weight is 641 g/mol. The van der Waals surface area contributed by atoms with E-state index in [1.165, 1.54) is 72.5 Å². The molecule has 3 aromatic carbocycles. The summed E-state index contributed by atoms with van der Waals surface area (Å²) in [4.78, 5) is 46.7. The van der Waals surface area contributed by atoms with Gasteiger partial charge < -0.3 is 33.7 Å². The Labute approximate surface area is 265 Å². The van der Waals surface area contributed by atoms with Gasteiger partial charge in [0, 0.05) is 42.1 Å². The first kappa shape index (κ1) is 29.9. The van der Waals surface area contributed by atoms with Crippen LogP contribution in [0.3, 0.4) is 0 Å². The molecule has 0 saturated carbocycles. The summed E-state index contributed by atoms with van der Waals surface area (Å²) in [5.74, 6) is -1.48. The van der Waals surface area contributed by atoms with Gasteiger partial charge in [-0.25, -0.2) is 8.78 Å². The summed E-state index contributed by atoms with van der Waals surface area (Å²) in [6.45, 7) is 0.868. The molecule has 0 spiro atoms. The Balaban J connectivity index is 1.20. The number of nitrogens with one attached hydrogen (secondary N) is 1. The number of methoxy groups -OCH3 is 2. The number of nitrogens with zero attached hydrogens (tertiary/aromatic N) is 3. The van der Waals surface area contributed by atoms with Crippen LogP contribution in [0.25, 0.3) is 22.0 Å². The van der Waals surface area contributed by atoms with Gasteiger partial charge in [0.15, 0.2) is 29.3 Å². The van der Waals surface area contributed by atoms with Crippen molar-refractivity contribution in [2.45, 2.75) is 12.8 Å². The lowest BCUT2D eigenvalue weighted by atomic mass is 9.98. The smallest absolute Gasteiger partial charge is 0.273 e. The van der Waals surface area contributed by atoms with Crippen LogP contribution >= 0.6 is 0 Å². The van der Waals surface area contributed by atoms with Gasteiger partial charge in [-0.3, -0.25) is 19.4 Å². The largest absolute Gasteiger partial charge is 0.493 e. The number of carbonyl (C=O) groups is 2. The molecule has 13 heteroatoms. The van der Waals surface area contributed by atoms with E-state index in [0.717, 1.165) is 6.07 Å². The van der Waals surface area contributed by atoms with Crippen molar-refractivity contribution in [2.24, 2.45) is 0 Å². The Morgan fingerprint density at radius 3 is 2.47 bits per heavy atom. The lowest BCUT2D eigenvalue weighted by Gasteiger charge is -2.32. The van der Waals surface area contributed by atoms with Gasteiger partial charge in [-0.2, -0.15) is 0 Å². The van der Waals surface area contributed by atoms with Crippen LogP contribution in [0.1, 0.15) is 20.8 Å². The van der Waals surface area contributed by atoms with Gasteiger partial charge in [0.05, 0.1) is 38.5 Å². The first-order valence-electron chi connectivity index (χ1n) is 14.5. The van der Waals surface area contributed by atoms with Crippen LogP contribution in [-0.4, -0.2) is 59.9 Å². The minimum atomic E-state index is -0.829. The Bertz CT molecular complexity index is 2130. The molecule has 0 aliphatic carbocycles. The maximum atomic E-state index is 15.4. The first-order chi connectivity index (χ1) is 22.7. The fourth-order valence-corrected chi connectivity index (χ4v) is 5.81. The molecule has 1 saturated heterocycles. The molecule has 2 aliphatic heterocycles. The van der Waals surface area contributed by atoms with Gasteiger partial charge in [-0.15, -0.1) is 0 Å². The van der Waals surface area contributed by atoms with E-state index in [1.807, 2.05) is 0 Å². The molecule has 1 atom stereocenters. The molecule has 1 N–H and O–H groups in total. The predicted octanol–water partition coefficient (Wildman–Crippen LogP) is 5.22. The van der Waals surface area contributed by atoms with E-state index in [1.54, 1.807) is 18.2 Å². The van der Waals surface area contributed by atoms with Crippen molar-refractivity contribution in [1.82, 2.24) is 14.5 Å². The van der Waals surface area contributed by atoms with Crippen LogP contribution in [0, 0.1) is 11.6 Å². The summed E-state index contributed by atoms with van der Waals surface area (Å²) in [5, 5.41) is 3.12. The van der Waals surface area contributed by atoms with Crippen molar-refractivity contribution in [3.8, 4) is 34.1 Å². The highest BCUT2D eigenvalue weighted by molar-refractivity contribution is 6.07. The third-order valence-electron chi connectivity index (χ3n) is 8.08. The third kappa shape index (κ3) is 5.29. The van der Waals surface area contributed by atoms with Crippen LogP contribution in [0.4, 0.5) is 14.5 Å². The van der Waals surface area contributed by atoms with Gasteiger partial charge in [0.1, 0.15) is 22.8 Å². The van der Waals surface area contributed by atoms with Gasteiger partial charge in [0.25, 0.3) is 11.8 Å². The fourth-order valence-electron chi connectivity index (χ4n) is 5.81. The zero-order valence-corrected chi connectivity index (χ0v) is 25.1. The minimum Gasteiger partial charge on any atom is -0.493 e. The lowest BCUT2D eigenvalue weighted by molar-refractivity contribution is 0.00909. The number of amides is 2. The molecule has 11 nitrogen and oxygen atoms in total. The maximum Gasteiger partial charge on any atom is 0.273 e. The standard InChI is InChI=1S/C34H26F2N4O7/c1-44-27-14-21-24(15-28(27)45-2)37-10-9-25(21)47-26-8-7-20(13-23(26)36)38-33(42)22-16-39-17-29-40(11-12-46-29)34(43)31(39)30(32(22)41)18-3-5-19(35)6-4-18/h3-10,13-16,29H,11-12,17H2,1-2H3,(H,38,42). The zero-order chi connectivity index (χ0) is 32.8. The number of fused-ring (bicyclic) bond motifs is 3. The van der Waals surface area contributed by atoms with Crippen LogP contribution in [0.15, 0.2) is 77.9 Å². The molecule has 4 heterocycles. The lowest BCUT2D eigenvalue weighted by Crippen LogP contribution is -2.46. The van der Waals surface area contributed by atoms with Crippen molar-refractivity contribution < 1.29 is 37.3 Å². The molecule has 5 aromatic rings. The summed E-state index contributed by atoms with van der Waals surface area (Å²) in [7, 11) is 3.00. The minimum absolute atomic E-state index is 0.0400. The molecular weight excluding hydrogens is 614 g/mol. The van der Waals surface area contributed by atoms with E-state index in [0.29, 0.717) is 41.3 Å². The topological polar surface area (TPSA) is 121 Å². The monoisotopic (exact) mass is 640 g/mol. The number of aromatic nitrogens is 2. The van der Waals surface area contributed by atoms with Crippen molar-refractivity contribution in [2.75, 3.05) is 32.7 Å². The van der Waals surface area contributed by atoms with Crippen molar-refractivity contribution in [1.29, 1.82) is 0 Å². The van der Waals surface area contributed by atoms with Crippen molar-refractivity contribution >= 4 is 28.4 Å². The Morgan fingerprint density at radius 1 is 0.957 bits per heavy atom. The predicted molar refractivity (Wildman–Crippen MR) is 166 cm³/mol. The number of anilines is 1. The van der Waals surface area contributed by atoms with E-state index >= 15 is 4.39 Å². The number of halogens is 2. The summed E-state index contributed by atoms with van der Waals surface area (Å²) >= 11 is 0. The van der Waals surface area contributed by atoms with Gasteiger partial charge in [0.2, 0.25) is 5.43 Å². The molecule has 2 aliphatic rings. The zero-order valence-electron chi connectivity index (χ0n) is 25.1. The molecule has 1 fully saturated rings. The van der Waals surface area contributed by atoms with Gasteiger partial charge >= 0.3 is 0 Å². The van der Waals surface area contributed by atoms with E-state index in [-0.39, 0.29) is 40.4 Å². The van der Waals surface area contributed by atoms with E-state index in [2.05, 4.69) is 10.3 Å². The average Bonchev–Trinajstić information content (AvgIpc) is 3.55. The second-order valence-corrected chi connectivity index (χ2v) is 10.8. The fraction of sp³-hybridized carbons (Fsp3) is 0.176. The van der Waals surface area contributed by atoms with Gasteiger partial charge in [-0.1, -0.05) is 12.1 Å². The third-order valence-corrected chi connectivity index (χ3v) is 8.08. The van der Waals surface area contributed by atoms with E-state index in [4.69, 9.17) is 18.9 Å². The number of pyridine rings is 2. The van der Waals surface area contributed by atoms with E-state index < -0.39 is 35.1 Å². The number of hydrogen-bond acceptors (Lipinski definition) is 8. The molecule has 0 radical (unpaired) electrons. The molecule has 1 unspecified atom stereocenters. The second kappa shape index (κ2) is 11.8. The van der Waals surface area contributed by atoms with Gasteiger partial charge in [-0.05, 0) is 42.0 Å². The summed E-state index contributed by atoms with van der Waals surface area (Å²) in [5.41, 5.74) is -0.125. The number of ether oxygens (including phenoxy) is 4. The quantitative estimate of drug-likeness (QED) is 0.257. The molecular formula is C34H26F2N4O7. The normalized spacial score (nSPS) is 15.3. The highest BCUT2D eigenvalue weighted by Crippen LogP contribution is 2.38. The highest BCUT2D eigenvalue weighted by atomic mass is 19.1. The molecule has 2 amide bonds. The number of benzene rings is 3. The Morgan fingerprint density at radius 2 is 1.72 bits per heavy atom. The van der Waals surface area contributed by atoms with Crippen LogP contribution in [0.2, 0.25) is 0 Å². The van der Waals surface area contributed by atoms with E-state index in [9.17, 15) is 18.8 Å². The SMILES string of the molecule is COc1cc2nccc(Oc3ccc(NC(=O)c4cn5c(c(-c6ccc(F)cc6)c4=O)C(=O)N4CCOC4C5)cc3F)c2cc1OC. The highest BCUT2D eigenvalue weighted by Gasteiger charge is 2.39. The van der Waals surface area contributed by atoms with Crippen LogP contribution in [-0.2, 0) is 11.3 Å². The van der Waals surface area contributed by atoms with Crippen LogP contribution in [0.5, 0.6) is 23.0 Å². The molecule has 7 rings (SSSR count). The number of rotatable bonds is 7. The van der Waals surface area contributed by atoms with Crippen LogP contribution < -0.4 is 25.0 Å². The van der Waals surface area contributed by atoms with Crippen molar-refractivity contribution in [3.05, 3.63) is 106 Å². The molecule has 2 aromatic heterocycles. The summed E-state index contributed by atoms with van der Waals surface area (Å²) in [6.07, 6.45) is 2.25. The molecule has 0 bridgehead atoms. The Hall–Kier alpha value is -5.82. The first-order valence-corrected chi connectivity index (χ1v) is 14.5. The summed E-state index contributed by atoms with van der Waals surface area (Å²) < 4.78 is 52.9. The molecule has 238 valence electrons. The number of carbonyl (C=O) groups excluding carboxylic acids is 2. The maximum absolute atomic E-state index is 15.4.